The molecule has 0 aliphatic heterocycles. The van der Waals surface area contributed by atoms with Gasteiger partial charge < -0.3 is 10.1 Å². The molecule has 20 heavy (non-hydrogen) atoms. The Balaban J connectivity index is 2.02. The van der Waals surface area contributed by atoms with Gasteiger partial charge in [-0.05, 0) is 58.5 Å². The summed E-state index contributed by atoms with van der Waals surface area (Å²) < 4.78 is 19.4. The summed E-state index contributed by atoms with van der Waals surface area (Å²) in [6, 6.07) is 11.8. The van der Waals surface area contributed by atoms with Crippen LogP contribution in [-0.2, 0) is 6.54 Å². The van der Waals surface area contributed by atoms with Crippen molar-refractivity contribution in [3.63, 3.8) is 0 Å². The Kier molecular flexibility index (Phi) is 4.94. The topological polar surface area (TPSA) is 38.3 Å². The lowest BCUT2D eigenvalue weighted by Gasteiger charge is -2.07. The first-order valence-electron chi connectivity index (χ1n) is 5.96. The third kappa shape index (κ3) is 3.69. The van der Waals surface area contributed by atoms with E-state index in [1.807, 2.05) is 46.9 Å². The second kappa shape index (κ2) is 6.69. The average Bonchev–Trinajstić information content (AvgIpc) is 2.47. The highest BCUT2D eigenvalue weighted by Crippen LogP contribution is 2.14. The first-order chi connectivity index (χ1) is 9.60. The quantitative estimate of drug-likeness (QED) is 0.820. The fourth-order valence-corrected chi connectivity index (χ4v) is 2.18. The summed E-state index contributed by atoms with van der Waals surface area (Å²) in [5.41, 5.74) is 0.982. The second-order valence-corrected chi connectivity index (χ2v) is 5.40. The SMILES string of the molecule is COc1ccc(CNC(=O)c2cc(I)ccc2F)cc1. The summed E-state index contributed by atoms with van der Waals surface area (Å²) in [4.78, 5) is 11.9. The van der Waals surface area contributed by atoms with Crippen LogP contribution in [0.25, 0.3) is 0 Å². The number of hydrogen-bond acceptors (Lipinski definition) is 2. The normalized spacial score (nSPS) is 10.2. The number of carbonyl (C=O) groups excluding carboxylic acids is 1. The molecule has 0 saturated carbocycles. The molecular weight excluding hydrogens is 372 g/mol. The largest absolute Gasteiger partial charge is 0.497 e. The first-order valence-corrected chi connectivity index (χ1v) is 7.04. The Hall–Kier alpha value is -1.63. The lowest BCUT2D eigenvalue weighted by atomic mass is 10.2. The number of ether oxygens (including phenoxy) is 1. The van der Waals surface area contributed by atoms with Crippen molar-refractivity contribution in [2.45, 2.75) is 6.54 Å². The molecule has 0 heterocycles. The van der Waals surface area contributed by atoms with Crippen molar-refractivity contribution in [1.82, 2.24) is 5.32 Å². The Bertz CT molecular complexity index is 614. The molecule has 0 unspecified atom stereocenters. The highest BCUT2D eigenvalue weighted by Gasteiger charge is 2.11. The molecule has 0 fully saturated rings. The lowest BCUT2D eigenvalue weighted by Crippen LogP contribution is -2.23. The molecule has 0 bridgehead atoms. The number of nitrogens with one attached hydrogen (secondary N) is 1. The Morgan fingerprint density at radius 1 is 1.25 bits per heavy atom. The van der Waals surface area contributed by atoms with E-state index < -0.39 is 11.7 Å². The van der Waals surface area contributed by atoms with Crippen LogP contribution >= 0.6 is 22.6 Å². The standard InChI is InChI=1S/C15H13FINO2/c1-20-12-5-2-10(3-6-12)9-18-15(19)13-8-11(17)4-7-14(13)16/h2-8H,9H2,1H3,(H,18,19). The molecule has 2 aromatic rings. The van der Waals surface area contributed by atoms with E-state index in [9.17, 15) is 9.18 Å². The van der Waals surface area contributed by atoms with Gasteiger partial charge in [0.2, 0.25) is 0 Å². The van der Waals surface area contributed by atoms with Gasteiger partial charge in [-0.2, -0.15) is 0 Å². The zero-order chi connectivity index (χ0) is 14.5. The van der Waals surface area contributed by atoms with Gasteiger partial charge >= 0.3 is 0 Å². The monoisotopic (exact) mass is 385 g/mol. The van der Waals surface area contributed by atoms with Crippen molar-refractivity contribution in [1.29, 1.82) is 0 Å². The van der Waals surface area contributed by atoms with Crippen LogP contribution in [0.1, 0.15) is 15.9 Å². The molecule has 0 spiro atoms. The van der Waals surface area contributed by atoms with Crippen molar-refractivity contribution < 1.29 is 13.9 Å². The molecule has 2 aromatic carbocycles. The van der Waals surface area contributed by atoms with Crippen LogP contribution < -0.4 is 10.1 Å². The fourth-order valence-electron chi connectivity index (χ4n) is 1.69. The molecule has 104 valence electrons. The molecule has 0 aliphatic carbocycles. The number of methoxy groups -OCH3 is 1. The molecule has 1 amide bonds. The van der Waals surface area contributed by atoms with E-state index >= 15 is 0 Å². The number of halogens is 2. The van der Waals surface area contributed by atoms with Crippen molar-refractivity contribution in [2.24, 2.45) is 0 Å². The summed E-state index contributed by atoms with van der Waals surface area (Å²) in [7, 11) is 1.59. The van der Waals surface area contributed by atoms with Gasteiger partial charge in [-0.1, -0.05) is 12.1 Å². The fraction of sp³-hybridized carbons (Fsp3) is 0.133. The Labute approximate surface area is 130 Å². The zero-order valence-electron chi connectivity index (χ0n) is 10.8. The minimum atomic E-state index is -0.516. The summed E-state index contributed by atoms with van der Waals surface area (Å²) in [6.45, 7) is 0.341. The lowest BCUT2D eigenvalue weighted by molar-refractivity contribution is 0.0947. The van der Waals surface area contributed by atoms with Crippen molar-refractivity contribution in [2.75, 3.05) is 7.11 Å². The molecule has 0 atom stereocenters. The molecule has 0 saturated heterocycles. The molecule has 5 heteroatoms. The molecule has 1 N–H and O–H groups in total. The Morgan fingerprint density at radius 3 is 2.60 bits per heavy atom. The van der Waals surface area contributed by atoms with Crippen LogP contribution in [0.15, 0.2) is 42.5 Å². The Morgan fingerprint density at radius 2 is 1.95 bits per heavy atom. The predicted octanol–water partition coefficient (Wildman–Crippen LogP) is 3.37. The third-order valence-electron chi connectivity index (χ3n) is 2.79. The number of rotatable bonds is 4. The maximum atomic E-state index is 13.6. The molecular formula is C15H13FINO2. The maximum Gasteiger partial charge on any atom is 0.254 e. The van der Waals surface area contributed by atoms with Crippen molar-refractivity contribution in [3.8, 4) is 5.75 Å². The smallest absolute Gasteiger partial charge is 0.254 e. The molecule has 0 radical (unpaired) electrons. The predicted molar refractivity (Wildman–Crippen MR) is 83.3 cm³/mol. The number of hydrogen-bond donors (Lipinski definition) is 1. The van der Waals surface area contributed by atoms with Gasteiger partial charge in [0.25, 0.3) is 5.91 Å². The highest BCUT2D eigenvalue weighted by atomic mass is 127. The minimum Gasteiger partial charge on any atom is -0.497 e. The molecule has 0 aromatic heterocycles. The molecule has 0 aliphatic rings. The second-order valence-electron chi connectivity index (χ2n) is 4.15. The number of benzene rings is 2. The summed E-state index contributed by atoms with van der Waals surface area (Å²) >= 11 is 2.04. The van der Waals surface area contributed by atoms with E-state index in [0.717, 1.165) is 14.9 Å². The van der Waals surface area contributed by atoms with Gasteiger partial charge in [0.05, 0.1) is 12.7 Å². The van der Waals surface area contributed by atoms with Crippen LogP contribution in [0, 0.1) is 9.39 Å². The van der Waals surface area contributed by atoms with Crippen LogP contribution in [0.2, 0.25) is 0 Å². The van der Waals surface area contributed by atoms with Crippen molar-refractivity contribution in [3.05, 3.63) is 63.0 Å². The maximum absolute atomic E-state index is 13.6. The van der Waals surface area contributed by atoms with Gasteiger partial charge in [0.1, 0.15) is 11.6 Å². The summed E-state index contributed by atoms with van der Waals surface area (Å²) in [5.74, 6) is -0.182. The van der Waals surface area contributed by atoms with E-state index in [4.69, 9.17) is 4.74 Å². The summed E-state index contributed by atoms with van der Waals surface area (Å²) in [6.07, 6.45) is 0. The number of amides is 1. The van der Waals surface area contributed by atoms with Crippen LogP contribution in [0.3, 0.4) is 0 Å². The van der Waals surface area contributed by atoms with E-state index in [0.29, 0.717) is 6.54 Å². The third-order valence-corrected chi connectivity index (χ3v) is 3.46. The van der Waals surface area contributed by atoms with Gasteiger partial charge in [0.15, 0.2) is 0 Å². The number of carbonyl (C=O) groups is 1. The van der Waals surface area contributed by atoms with Gasteiger partial charge in [-0.3, -0.25) is 4.79 Å². The van der Waals surface area contributed by atoms with E-state index in [1.165, 1.54) is 12.1 Å². The zero-order valence-corrected chi connectivity index (χ0v) is 13.0. The highest BCUT2D eigenvalue weighted by molar-refractivity contribution is 14.1. The minimum absolute atomic E-state index is 0.0606. The van der Waals surface area contributed by atoms with Gasteiger partial charge in [-0.15, -0.1) is 0 Å². The molecule has 3 nitrogen and oxygen atoms in total. The van der Waals surface area contributed by atoms with Crippen LogP contribution in [0.5, 0.6) is 5.75 Å². The van der Waals surface area contributed by atoms with Crippen molar-refractivity contribution >= 4 is 28.5 Å². The van der Waals surface area contributed by atoms with Crippen LogP contribution in [-0.4, -0.2) is 13.0 Å². The van der Waals surface area contributed by atoms with E-state index in [2.05, 4.69) is 5.32 Å². The van der Waals surface area contributed by atoms with Gasteiger partial charge in [-0.25, -0.2) is 4.39 Å². The molecule has 2 rings (SSSR count). The average molecular weight is 385 g/mol. The van der Waals surface area contributed by atoms with Gasteiger partial charge in [0, 0.05) is 10.1 Å². The first kappa shape index (κ1) is 14.8. The summed E-state index contributed by atoms with van der Waals surface area (Å²) in [5, 5.41) is 2.70. The van der Waals surface area contributed by atoms with E-state index in [-0.39, 0.29) is 5.56 Å². The van der Waals surface area contributed by atoms with E-state index in [1.54, 1.807) is 13.2 Å². The van der Waals surface area contributed by atoms with Crippen LogP contribution in [0.4, 0.5) is 4.39 Å².